The summed E-state index contributed by atoms with van der Waals surface area (Å²) in [4.78, 5) is 27.2. The Hall–Kier alpha value is -3.93. The molecule has 0 saturated carbocycles. The molecule has 0 N–H and O–H groups in total. The number of amides is 2. The van der Waals surface area contributed by atoms with Crippen LogP contribution in [0.25, 0.3) is 0 Å². The first-order valence-electron chi connectivity index (χ1n) is 11.5. The van der Waals surface area contributed by atoms with Crippen molar-refractivity contribution in [2.45, 2.75) is 18.8 Å². The zero-order chi connectivity index (χ0) is 23.4. The quantitative estimate of drug-likeness (QED) is 0.427. The number of ether oxygens (including phenoxy) is 2. The number of imide groups is 1. The summed E-state index contributed by atoms with van der Waals surface area (Å²) in [5.74, 6) is -0.403. The van der Waals surface area contributed by atoms with Crippen LogP contribution in [0.2, 0.25) is 0 Å². The average Bonchev–Trinajstić information content (AvgIpc) is 3.13. The molecule has 1 heterocycles. The molecular formula is C28H24N2O4. The van der Waals surface area contributed by atoms with Gasteiger partial charge >= 0.3 is 0 Å². The zero-order valence-electron chi connectivity index (χ0n) is 19.0. The van der Waals surface area contributed by atoms with Gasteiger partial charge in [0.2, 0.25) is 0 Å². The van der Waals surface area contributed by atoms with Gasteiger partial charge in [-0.3, -0.25) is 9.59 Å². The molecule has 4 aliphatic rings. The summed E-state index contributed by atoms with van der Waals surface area (Å²) in [6, 6.07) is 21.8. The molecule has 2 amide bonds. The first-order valence-corrected chi connectivity index (χ1v) is 11.5. The van der Waals surface area contributed by atoms with Crippen molar-refractivity contribution in [3.05, 3.63) is 94.5 Å². The molecule has 0 aromatic heterocycles. The minimum absolute atomic E-state index is 0.135. The zero-order valence-corrected chi connectivity index (χ0v) is 19.0. The largest absolute Gasteiger partial charge is 0.493 e. The molecule has 6 heteroatoms. The van der Waals surface area contributed by atoms with E-state index in [1.165, 1.54) is 6.21 Å². The highest BCUT2D eigenvalue weighted by molar-refractivity contribution is 6.08. The number of methoxy groups -OCH3 is 1. The van der Waals surface area contributed by atoms with E-state index in [0.29, 0.717) is 23.7 Å². The summed E-state index contributed by atoms with van der Waals surface area (Å²) in [5, 5.41) is 5.45. The maximum Gasteiger partial charge on any atom is 0.254 e. The number of nitrogens with zero attached hydrogens (tertiary/aromatic N) is 2. The van der Waals surface area contributed by atoms with Crippen LogP contribution < -0.4 is 9.47 Å². The lowest BCUT2D eigenvalue weighted by Crippen LogP contribution is -2.41. The van der Waals surface area contributed by atoms with Gasteiger partial charge in [-0.15, -0.1) is 0 Å². The number of hydrogen-bond donors (Lipinski definition) is 0. The monoisotopic (exact) mass is 452 g/mol. The summed E-state index contributed by atoms with van der Waals surface area (Å²) in [5.41, 5.74) is 5.31. The average molecular weight is 453 g/mol. The van der Waals surface area contributed by atoms with Gasteiger partial charge < -0.3 is 9.47 Å². The van der Waals surface area contributed by atoms with Gasteiger partial charge in [0.1, 0.15) is 0 Å². The molecule has 3 aliphatic carbocycles. The topological polar surface area (TPSA) is 68.2 Å². The number of carbonyl (C=O) groups is 2. The minimum Gasteiger partial charge on any atom is -0.493 e. The minimum atomic E-state index is -0.436. The molecule has 2 atom stereocenters. The van der Waals surface area contributed by atoms with Crippen LogP contribution in [0.15, 0.2) is 71.8 Å². The Morgan fingerprint density at radius 1 is 0.824 bits per heavy atom. The Kier molecular flexibility index (Phi) is 4.76. The molecule has 1 aliphatic heterocycles. The van der Waals surface area contributed by atoms with Gasteiger partial charge in [0, 0.05) is 11.8 Å². The van der Waals surface area contributed by atoms with Crippen LogP contribution in [-0.2, 0) is 9.59 Å². The van der Waals surface area contributed by atoms with E-state index in [2.05, 4.69) is 29.4 Å². The molecule has 0 unspecified atom stereocenters. The molecule has 34 heavy (non-hydrogen) atoms. The Labute approximate surface area is 197 Å². The van der Waals surface area contributed by atoms with Crippen molar-refractivity contribution in [1.29, 1.82) is 0 Å². The van der Waals surface area contributed by atoms with Gasteiger partial charge in [0.15, 0.2) is 11.5 Å². The standard InChI is InChI=1S/C28H24N2O4/c1-3-34-21-13-12-16(14-22(21)33-2)15-29-30-27(31)25-23-17-8-4-5-9-18(17)24(26(25)28(30)32)20-11-7-6-10-19(20)23/h4-15,23-26H,3H2,1-2H3/b29-15-/t23?,24?,25-,26+. The van der Waals surface area contributed by atoms with E-state index >= 15 is 0 Å². The van der Waals surface area contributed by atoms with Crippen molar-refractivity contribution in [3.63, 3.8) is 0 Å². The maximum absolute atomic E-state index is 13.6. The van der Waals surface area contributed by atoms with Crippen LogP contribution in [0.5, 0.6) is 11.5 Å². The second-order valence-electron chi connectivity index (χ2n) is 8.84. The maximum atomic E-state index is 13.6. The third kappa shape index (κ3) is 2.84. The van der Waals surface area contributed by atoms with Crippen LogP contribution in [0.3, 0.4) is 0 Å². The first-order chi connectivity index (χ1) is 16.6. The molecule has 7 rings (SSSR count). The third-order valence-corrected chi connectivity index (χ3v) is 7.24. The highest BCUT2D eigenvalue weighted by atomic mass is 16.5. The molecule has 170 valence electrons. The van der Waals surface area contributed by atoms with Crippen molar-refractivity contribution >= 4 is 18.0 Å². The second-order valence-corrected chi connectivity index (χ2v) is 8.84. The van der Waals surface area contributed by atoms with Crippen LogP contribution >= 0.6 is 0 Å². The summed E-state index contributed by atoms with van der Waals surface area (Å²) in [6.45, 7) is 2.43. The Morgan fingerprint density at radius 2 is 1.35 bits per heavy atom. The Balaban J connectivity index is 1.37. The number of hydrazone groups is 1. The van der Waals surface area contributed by atoms with Crippen LogP contribution in [0.1, 0.15) is 46.6 Å². The Bertz CT molecular complexity index is 1230. The fourth-order valence-electron chi connectivity index (χ4n) is 5.94. The van der Waals surface area contributed by atoms with Gasteiger partial charge in [-0.2, -0.15) is 10.1 Å². The smallest absolute Gasteiger partial charge is 0.254 e. The van der Waals surface area contributed by atoms with Crippen LogP contribution in [0.4, 0.5) is 0 Å². The first kappa shape index (κ1) is 20.7. The van der Waals surface area contributed by atoms with E-state index in [1.807, 2.05) is 37.3 Å². The van der Waals surface area contributed by atoms with Crippen molar-refractivity contribution in [1.82, 2.24) is 5.01 Å². The van der Waals surface area contributed by atoms with Crippen molar-refractivity contribution in [3.8, 4) is 11.5 Å². The number of rotatable bonds is 5. The summed E-state index contributed by atoms with van der Waals surface area (Å²) >= 11 is 0. The lowest BCUT2D eigenvalue weighted by Gasteiger charge is -2.45. The third-order valence-electron chi connectivity index (χ3n) is 7.24. The molecule has 3 aromatic carbocycles. The van der Waals surface area contributed by atoms with Crippen molar-refractivity contribution in [2.75, 3.05) is 13.7 Å². The number of carbonyl (C=O) groups excluding carboxylic acids is 2. The van der Waals surface area contributed by atoms with E-state index in [-0.39, 0.29) is 23.7 Å². The lowest BCUT2D eigenvalue weighted by atomic mass is 9.55. The van der Waals surface area contributed by atoms with Gasteiger partial charge in [0.05, 0.1) is 31.8 Å². The van der Waals surface area contributed by atoms with Crippen LogP contribution in [0, 0.1) is 11.8 Å². The van der Waals surface area contributed by atoms with E-state index in [1.54, 1.807) is 19.2 Å². The summed E-state index contributed by atoms with van der Waals surface area (Å²) in [6.07, 6.45) is 1.54. The molecule has 3 aromatic rings. The molecule has 6 nitrogen and oxygen atoms in total. The molecule has 0 radical (unpaired) electrons. The predicted octanol–water partition coefficient (Wildman–Crippen LogP) is 4.32. The molecule has 1 fully saturated rings. The highest BCUT2D eigenvalue weighted by Crippen LogP contribution is 2.60. The molecule has 1 saturated heterocycles. The summed E-state index contributed by atoms with van der Waals surface area (Å²) < 4.78 is 11.0. The van der Waals surface area contributed by atoms with Crippen molar-refractivity contribution in [2.24, 2.45) is 16.9 Å². The normalized spacial score (nSPS) is 24.2. The van der Waals surface area contributed by atoms with E-state index in [0.717, 1.165) is 27.3 Å². The van der Waals surface area contributed by atoms with Gasteiger partial charge in [-0.25, -0.2) is 0 Å². The SMILES string of the molecule is CCOc1ccc(/C=N\N2C(=O)[C@@H]3C4c5ccccc5C(c5ccccc54)[C@@H]3C2=O)cc1OC. The van der Waals surface area contributed by atoms with Crippen molar-refractivity contribution < 1.29 is 19.1 Å². The van der Waals surface area contributed by atoms with E-state index < -0.39 is 11.8 Å². The number of hydrogen-bond acceptors (Lipinski definition) is 5. The highest BCUT2D eigenvalue weighted by Gasteiger charge is 2.61. The molecular weight excluding hydrogens is 428 g/mol. The fourth-order valence-corrected chi connectivity index (χ4v) is 5.94. The lowest BCUT2D eigenvalue weighted by molar-refractivity contribution is -0.139. The van der Waals surface area contributed by atoms with E-state index in [4.69, 9.17) is 9.47 Å². The van der Waals surface area contributed by atoms with Gasteiger partial charge in [0.25, 0.3) is 11.8 Å². The van der Waals surface area contributed by atoms with Gasteiger partial charge in [-0.1, -0.05) is 48.5 Å². The fraction of sp³-hybridized carbons (Fsp3) is 0.250. The molecule has 2 bridgehead atoms. The molecule has 0 spiro atoms. The summed E-state index contributed by atoms with van der Waals surface area (Å²) in [7, 11) is 1.57. The van der Waals surface area contributed by atoms with Gasteiger partial charge in [-0.05, 0) is 52.9 Å². The second kappa shape index (κ2) is 7.83. The number of benzene rings is 3. The Morgan fingerprint density at radius 3 is 1.82 bits per heavy atom. The van der Waals surface area contributed by atoms with Crippen LogP contribution in [-0.4, -0.2) is 36.8 Å². The predicted molar refractivity (Wildman–Crippen MR) is 127 cm³/mol. The van der Waals surface area contributed by atoms with E-state index in [9.17, 15) is 9.59 Å².